The van der Waals surface area contributed by atoms with Gasteiger partial charge in [-0.3, -0.25) is 0 Å². The van der Waals surface area contributed by atoms with E-state index >= 15 is 0 Å². The van der Waals surface area contributed by atoms with Crippen LogP contribution in [-0.2, 0) is 9.47 Å². The van der Waals surface area contributed by atoms with Crippen molar-refractivity contribution in [2.45, 2.75) is 143 Å². The molecule has 0 saturated carbocycles. The topological polar surface area (TPSA) is 149 Å². The van der Waals surface area contributed by atoms with Gasteiger partial charge in [-0.25, -0.2) is 4.79 Å². The first-order valence-electron chi connectivity index (χ1n) is 13.7. The number of carbonyl (C=O) groups is 1. The van der Waals surface area contributed by atoms with E-state index in [1.165, 1.54) is 0 Å². The minimum absolute atomic E-state index is 0.0207. The summed E-state index contributed by atoms with van der Waals surface area (Å²) in [6.45, 7) is 19.7. The van der Waals surface area contributed by atoms with Gasteiger partial charge in [0.25, 0.3) is 0 Å². The quantitative estimate of drug-likeness (QED) is 0.217. The smallest absolute Gasteiger partial charge is 0.408 e. The normalized spacial score (nSPS) is 25.9. The van der Waals surface area contributed by atoms with Crippen LogP contribution in [0.4, 0.5) is 4.79 Å². The van der Waals surface area contributed by atoms with E-state index in [4.69, 9.17) is 9.47 Å². The van der Waals surface area contributed by atoms with E-state index in [9.17, 15) is 30.3 Å². The second-order valence-electron chi connectivity index (χ2n) is 14.7. The molecule has 0 aromatic rings. The molecule has 1 aliphatic rings. The van der Waals surface area contributed by atoms with Gasteiger partial charge in [-0.15, -0.1) is 0 Å². The second-order valence-corrected chi connectivity index (χ2v) is 14.7. The van der Waals surface area contributed by atoms with Gasteiger partial charge in [0, 0.05) is 6.42 Å². The molecular formula is C29H55NO8. The van der Waals surface area contributed by atoms with Crippen LogP contribution in [0.15, 0.2) is 12.2 Å². The molecule has 1 rings (SSSR count). The molecule has 0 spiro atoms. The highest BCUT2D eigenvalue weighted by molar-refractivity contribution is 5.68. The Bertz CT molecular complexity index is 768. The maximum absolute atomic E-state index is 12.9. The average molecular weight is 546 g/mol. The fourth-order valence-electron chi connectivity index (χ4n) is 5.59. The van der Waals surface area contributed by atoms with E-state index in [-0.39, 0.29) is 30.3 Å². The lowest BCUT2D eigenvalue weighted by Crippen LogP contribution is -2.52. The van der Waals surface area contributed by atoms with Gasteiger partial charge >= 0.3 is 6.09 Å². The Morgan fingerprint density at radius 2 is 1.47 bits per heavy atom. The molecule has 1 amide bonds. The van der Waals surface area contributed by atoms with Crippen LogP contribution < -0.4 is 5.32 Å². The fourth-order valence-corrected chi connectivity index (χ4v) is 5.59. The van der Waals surface area contributed by atoms with Crippen molar-refractivity contribution in [1.29, 1.82) is 0 Å². The number of aliphatic hydroxyl groups is 5. The van der Waals surface area contributed by atoms with Gasteiger partial charge in [-0.1, -0.05) is 67.5 Å². The summed E-state index contributed by atoms with van der Waals surface area (Å²) >= 11 is 0. The standard InChI is InChI=1S/C29H55NO8/c1-26(2,3)16-28(7,8)22(33)14-20(32)18(30-25(36)38-29(9,10)17-27(4,5)6)15-37-21-13-11-12-19(31)23(34)24(21)35/h11,13,18-24,31-35H,12,14-17H2,1-10H3,(H,30,36). The summed E-state index contributed by atoms with van der Waals surface area (Å²) in [6.07, 6.45) is -3.08. The molecule has 6 N–H and O–H groups in total. The zero-order chi connectivity index (χ0) is 29.7. The number of amides is 1. The van der Waals surface area contributed by atoms with Gasteiger partial charge in [0.2, 0.25) is 0 Å². The van der Waals surface area contributed by atoms with Gasteiger partial charge in [0.15, 0.2) is 0 Å². The van der Waals surface area contributed by atoms with Crippen LogP contribution in [0.3, 0.4) is 0 Å². The first-order chi connectivity index (χ1) is 17.0. The van der Waals surface area contributed by atoms with Crippen molar-refractivity contribution in [2.24, 2.45) is 16.2 Å². The van der Waals surface area contributed by atoms with E-state index in [0.29, 0.717) is 12.8 Å². The van der Waals surface area contributed by atoms with Crippen LogP contribution in [0.25, 0.3) is 0 Å². The summed E-state index contributed by atoms with van der Waals surface area (Å²) in [5.41, 5.74) is -1.39. The Kier molecular flexibility index (Phi) is 12.3. The molecule has 1 aliphatic carbocycles. The van der Waals surface area contributed by atoms with Gasteiger partial charge < -0.3 is 40.3 Å². The zero-order valence-corrected chi connectivity index (χ0v) is 25.2. The molecule has 7 atom stereocenters. The van der Waals surface area contributed by atoms with E-state index in [2.05, 4.69) is 26.1 Å². The van der Waals surface area contributed by atoms with Gasteiger partial charge in [0.05, 0.1) is 31.0 Å². The van der Waals surface area contributed by atoms with Crippen molar-refractivity contribution >= 4 is 6.09 Å². The number of alkyl carbamates (subject to hydrolysis) is 1. The highest BCUT2D eigenvalue weighted by Gasteiger charge is 2.38. The minimum atomic E-state index is -1.41. The Balaban J connectivity index is 3.04. The van der Waals surface area contributed by atoms with Crippen LogP contribution in [-0.4, -0.2) is 86.5 Å². The molecule has 224 valence electrons. The van der Waals surface area contributed by atoms with E-state index < -0.39 is 59.8 Å². The second kappa shape index (κ2) is 13.4. The minimum Gasteiger partial charge on any atom is -0.444 e. The van der Waals surface area contributed by atoms with Crippen molar-refractivity contribution in [3.8, 4) is 0 Å². The van der Waals surface area contributed by atoms with Crippen molar-refractivity contribution in [1.82, 2.24) is 5.32 Å². The van der Waals surface area contributed by atoms with Crippen molar-refractivity contribution in [3.63, 3.8) is 0 Å². The molecule has 0 aromatic heterocycles. The highest BCUT2D eigenvalue weighted by Crippen LogP contribution is 2.37. The Morgan fingerprint density at radius 3 is 2.00 bits per heavy atom. The van der Waals surface area contributed by atoms with Crippen LogP contribution in [0.5, 0.6) is 0 Å². The molecule has 9 nitrogen and oxygen atoms in total. The molecule has 7 unspecified atom stereocenters. The summed E-state index contributed by atoms with van der Waals surface area (Å²) in [6, 6.07) is -0.973. The zero-order valence-electron chi connectivity index (χ0n) is 25.2. The van der Waals surface area contributed by atoms with Crippen molar-refractivity contribution in [3.05, 3.63) is 12.2 Å². The first kappa shape index (κ1) is 34.8. The number of carbonyl (C=O) groups excluding carboxylic acids is 1. The van der Waals surface area contributed by atoms with Crippen LogP contribution in [0.2, 0.25) is 0 Å². The summed E-state index contributed by atoms with van der Waals surface area (Å²) < 4.78 is 11.5. The molecule has 0 heterocycles. The lowest BCUT2D eigenvalue weighted by atomic mass is 9.71. The van der Waals surface area contributed by atoms with Crippen molar-refractivity contribution in [2.75, 3.05) is 6.61 Å². The van der Waals surface area contributed by atoms with Gasteiger partial charge in [0.1, 0.15) is 23.9 Å². The molecule has 0 fully saturated rings. The lowest BCUT2D eigenvalue weighted by Gasteiger charge is -2.38. The van der Waals surface area contributed by atoms with Crippen LogP contribution in [0.1, 0.15) is 94.9 Å². The third kappa shape index (κ3) is 12.3. The summed E-state index contributed by atoms with van der Waals surface area (Å²) in [5.74, 6) is 0. The fraction of sp³-hybridized carbons (Fsp3) is 0.897. The number of aliphatic hydroxyl groups excluding tert-OH is 5. The van der Waals surface area contributed by atoms with Gasteiger partial charge in [-0.2, -0.15) is 0 Å². The molecular weight excluding hydrogens is 490 g/mol. The molecule has 38 heavy (non-hydrogen) atoms. The van der Waals surface area contributed by atoms with E-state index in [0.717, 1.165) is 0 Å². The molecule has 0 aliphatic heterocycles. The number of nitrogens with one attached hydrogen (secondary N) is 1. The third-order valence-corrected chi connectivity index (χ3v) is 6.70. The molecule has 0 bridgehead atoms. The predicted molar refractivity (Wildman–Crippen MR) is 148 cm³/mol. The molecule has 0 aromatic carbocycles. The average Bonchev–Trinajstić information content (AvgIpc) is 2.80. The highest BCUT2D eigenvalue weighted by atomic mass is 16.6. The number of ether oxygens (including phenoxy) is 2. The number of rotatable bonds is 11. The largest absolute Gasteiger partial charge is 0.444 e. The SMILES string of the molecule is CC(C)(C)CC(C)(C)OC(=O)NC(COC1C=CCC(O)C(O)C1O)C(O)CC(O)C(C)(C)CC(C)(C)C. The molecule has 9 heteroatoms. The Hall–Kier alpha value is -1.23. The first-order valence-corrected chi connectivity index (χ1v) is 13.7. The Morgan fingerprint density at radius 1 is 0.921 bits per heavy atom. The van der Waals surface area contributed by atoms with Crippen LogP contribution in [0, 0.1) is 16.2 Å². The van der Waals surface area contributed by atoms with Crippen LogP contribution >= 0.6 is 0 Å². The molecule has 0 saturated heterocycles. The predicted octanol–water partition coefficient (Wildman–Crippen LogP) is 3.30. The number of hydrogen-bond acceptors (Lipinski definition) is 8. The Labute approximate surface area is 229 Å². The van der Waals surface area contributed by atoms with E-state index in [1.54, 1.807) is 12.2 Å². The maximum atomic E-state index is 12.9. The summed E-state index contributed by atoms with van der Waals surface area (Å²) in [5, 5.41) is 55.3. The monoisotopic (exact) mass is 545 g/mol. The molecule has 0 radical (unpaired) electrons. The lowest BCUT2D eigenvalue weighted by molar-refractivity contribution is -0.112. The maximum Gasteiger partial charge on any atom is 0.408 e. The van der Waals surface area contributed by atoms with Crippen molar-refractivity contribution < 1.29 is 39.8 Å². The summed E-state index contributed by atoms with van der Waals surface area (Å²) in [7, 11) is 0. The summed E-state index contributed by atoms with van der Waals surface area (Å²) in [4.78, 5) is 12.9. The third-order valence-electron chi connectivity index (χ3n) is 6.70. The van der Waals surface area contributed by atoms with Gasteiger partial charge in [-0.05, 0) is 49.4 Å². The number of hydrogen-bond donors (Lipinski definition) is 6. The van der Waals surface area contributed by atoms with E-state index in [1.807, 2.05) is 48.5 Å².